The Morgan fingerprint density at radius 2 is 2.28 bits per heavy atom. The monoisotopic (exact) mass is 247 g/mol. The van der Waals surface area contributed by atoms with Crippen molar-refractivity contribution in [3.8, 4) is 0 Å². The number of aliphatic hydroxyl groups is 1. The molecule has 2 heterocycles. The number of hydrogen-bond acceptors (Lipinski definition) is 3. The average Bonchev–Trinajstić information content (AvgIpc) is 2.36. The summed E-state index contributed by atoms with van der Waals surface area (Å²) in [5.41, 5.74) is 1.88. The van der Waals surface area contributed by atoms with Gasteiger partial charge in [0.05, 0.1) is 17.4 Å². The fourth-order valence-corrected chi connectivity index (χ4v) is 3.23. The van der Waals surface area contributed by atoms with Gasteiger partial charge in [-0.05, 0) is 57.1 Å². The number of rotatable bonds is 2. The van der Waals surface area contributed by atoms with Crippen LogP contribution in [-0.4, -0.2) is 22.3 Å². The predicted octanol–water partition coefficient (Wildman–Crippen LogP) is 2.77. The molecule has 0 bridgehead atoms. The van der Waals surface area contributed by atoms with E-state index in [9.17, 15) is 5.11 Å². The smallest absolute Gasteiger partial charge is 0.0989 e. The third kappa shape index (κ3) is 2.17. The van der Waals surface area contributed by atoms with Crippen LogP contribution < -0.4 is 0 Å². The Labute approximate surface area is 108 Å². The van der Waals surface area contributed by atoms with Gasteiger partial charge in [0.2, 0.25) is 0 Å². The largest absolute Gasteiger partial charge is 0.387 e. The maximum Gasteiger partial charge on any atom is 0.0989 e. The van der Waals surface area contributed by atoms with Crippen molar-refractivity contribution in [1.29, 1.82) is 0 Å². The van der Waals surface area contributed by atoms with E-state index in [1.807, 2.05) is 25.1 Å². The summed E-state index contributed by atoms with van der Waals surface area (Å²) in [6.45, 7) is 2.75. The minimum absolute atomic E-state index is 0.0910. The third-order valence-electron chi connectivity index (χ3n) is 4.46. The number of nitrogens with zero attached hydrogens (tertiary/aromatic N) is 1. The van der Waals surface area contributed by atoms with Gasteiger partial charge in [0.15, 0.2) is 0 Å². The van der Waals surface area contributed by atoms with Gasteiger partial charge in [-0.2, -0.15) is 0 Å². The van der Waals surface area contributed by atoms with Crippen LogP contribution >= 0.6 is 0 Å². The van der Waals surface area contributed by atoms with Crippen molar-refractivity contribution < 1.29 is 9.84 Å². The first-order valence-electron chi connectivity index (χ1n) is 6.94. The minimum Gasteiger partial charge on any atom is -0.387 e. The topological polar surface area (TPSA) is 42.4 Å². The van der Waals surface area contributed by atoms with Crippen LogP contribution in [0.25, 0.3) is 0 Å². The van der Waals surface area contributed by atoms with Gasteiger partial charge >= 0.3 is 0 Å². The fraction of sp³-hybridized carbons (Fsp3) is 0.667. The lowest BCUT2D eigenvalue weighted by Crippen LogP contribution is -2.46. The molecule has 1 aromatic rings. The molecule has 0 aromatic carbocycles. The summed E-state index contributed by atoms with van der Waals surface area (Å²) >= 11 is 0. The molecular formula is C15H21NO2. The molecule has 2 fully saturated rings. The highest BCUT2D eigenvalue weighted by Gasteiger charge is 2.44. The molecule has 1 aromatic heterocycles. The molecular weight excluding hydrogens is 226 g/mol. The van der Waals surface area contributed by atoms with E-state index in [1.165, 1.54) is 6.42 Å². The molecule has 18 heavy (non-hydrogen) atoms. The van der Waals surface area contributed by atoms with E-state index in [0.29, 0.717) is 5.92 Å². The van der Waals surface area contributed by atoms with Crippen LogP contribution in [0.4, 0.5) is 0 Å². The van der Waals surface area contributed by atoms with Crippen LogP contribution in [0.1, 0.15) is 49.6 Å². The molecule has 1 aliphatic heterocycles. The number of pyridine rings is 1. The van der Waals surface area contributed by atoms with Crippen LogP contribution in [0, 0.1) is 12.8 Å². The molecule has 1 spiro atoms. The lowest BCUT2D eigenvalue weighted by atomic mass is 9.70. The third-order valence-corrected chi connectivity index (χ3v) is 4.46. The molecule has 1 saturated heterocycles. The van der Waals surface area contributed by atoms with Gasteiger partial charge in [-0.15, -0.1) is 0 Å². The van der Waals surface area contributed by atoms with Gasteiger partial charge in [-0.3, -0.25) is 4.98 Å². The average molecular weight is 247 g/mol. The Bertz CT molecular complexity index is 428. The number of aliphatic hydroxyl groups excluding tert-OH is 1. The normalized spacial score (nSPS) is 27.8. The first-order valence-corrected chi connectivity index (χ1v) is 6.94. The van der Waals surface area contributed by atoms with E-state index >= 15 is 0 Å². The van der Waals surface area contributed by atoms with E-state index in [4.69, 9.17) is 4.74 Å². The zero-order valence-corrected chi connectivity index (χ0v) is 10.9. The van der Waals surface area contributed by atoms with Crippen molar-refractivity contribution in [3.63, 3.8) is 0 Å². The molecule has 1 N–H and O–H groups in total. The minimum atomic E-state index is -0.439. The van der Waals surface area contributed by atoms with Gasteiger partial charge in [0, 0.05) is 12.3 Å². The maximum atomic E-state index is 10.5. The SMILES string of the molecule is Cc1cccc(C(O)C2CCOC3(CCC3)C2)n1. The lowest BCUT2D eigenvalue weighted by molar-refractivity contribution is -0.157. The lowest BCUT2D eigenvalue weighted by Gasteiger charge is -2.48. The number of aromatic nitrogens is 1. The Kier molecular flexibility index (Phi) is 3.12. The molecule has 0 radical (unpaired) electrons. The molecule has 3 rings (SSSR count). The van der Waals surface area contributed by atoms with Crippen molar-refractivity contribution in [2.75, 3.05) is 6.61 Å². The fourth-order valence-electron chi connectivity index (χ4n) is 3.23. The summed E-state index contributed by atoms with van der Waals surface area (Å²) in [4.78, 5) is 4.45. The summed E-state index contributed by atoms with van der Waals surface area (Å²) in [5, 5.41) is 10.5. The first-order chi connectivity index (χ1) is 8.69. The number of ether oxygens (including phenoxy) is 1. The zero-order chi connectivity index (χ0) is 12.6. The van der Waals surface area contributed by atoms with Crippen molar-refractivity contribution in [2.45, 2.75) is 50.7 Å². The maximum absolute atomic E-state index is 10.5. The summed E-state index contributed by atoms with van der Waals surface area (Å²) in [6, 6.07) is 5.87. The van der Waals surface area contributed by atoms with Gasteiger partial charge < -0.3 is 9.84 Å². The molecule has 1 aliphatic carbocycles. The second-order valence-electron chi connectivity index (χ2n) is 5.79. The van der Waals surface area contributed by atoms with Crippen LogP contribution in [-0.2, 0) is 4.74 Å². The van der Waals surface area contributed by atoms with E-state index in [0.717, 1.165) is 43.7 Å². The Morgan fingerprint density at radius 1 is 1.44 bits per heavy atom. The number of hydrogen-bond donors (Lipinski definition) is 1. The Balaban J connectivity index is 1.73. The van der Waals surface area contributed by atoms with Crippen molar-refractivity contribution >= 4 is 0 Å². The summed E-state index contributed by atoms with van der Waals surface area (Å²) in [6.07, 6.45) is 5.09. The van der Waals surface area contributed by atoms with Crippen molar-refractivity contribution in [3.05, 3.63) is 29.6 Å². The van der Waals surface area contributed by atoms with Crippen LogP contribution in [0.2, 0.25) is 0 Å². The summed E-state index contributed by atoms with van der Waals surface area (Å²) in [5.74, 6) is 0.299. The molecule has 2 atom stereocenters. The Hall–Kier alpha value is -0.930. The van der Waals surface area contributed by atoms with Gasteiger partial charge in [0.25, 0.3) is 0 Å². The van der Waals surface area contributed by atoms with Gasteiger partial charge in [-0.25, -0.2) is 0 Å². The quantitative estimate of drug-likeness (QED) is 0.873. The highest BCUT2D eigenvalue weighted by atomic mass is 16.5. The standard InChI is InChI=1S/C15H21NO2/c1-11-4-2-5-13(16-11)14(17)12-6-9-18-15(10-12)7-3-8-15/h2,4-5,12,14,17H,3,6-10H2,1H3. The molecule has 2 unspecified atom stereocenters. The Morgan fingerprint density at radius 3 is 2.94 bits per heavy atom. The van der Waals surface area contributed by atoms with Crippen molar-refractivity contribution in [1.82, 2.24) is 4.98 Å². The zero-order valence-electron chi connectivity index (χ0n) is 10.9. The van der Waals surface area contributed by atoms with Crippen molar-refractivity contribution in [2.24, 2.45) is 5.92 Å². The van der Waals surface area contributed by atoms with Crippen LogP contribution in [0.5, 0.6) is 0 Å². The highest BCUT2D eigenvalue weighted by molar-refractivity contribution is 5.13. The second-order valence-corrected chi connectivity index (χ2v) is 5.79. The molecule has 1 saturated carbocycles. The van der Waals surface area contributed by atoms with E-state index in [1.54, 1.807) is 0 Å². The molecule has 98 valence electrons. The van der Waals surface area contributed by atoms with Gasteiger partial charge in [-0.1, -0.05) is 6.07 Å². The summed E-state index contributed by atoms with van der Waals surface area (Å²) in [7, 11) is 0. The molecule has 3 nitrogen and oxygen atoms in total. The number of aryl methyl sites for hydroxylation is 1. The molecule has 3 heteroatoms. The van der Waals surface area contributed by atoms with Gasteiger partial charge in [0.1, 0.15) is 0 Å². The predicted molar refractivity (Wildman–Crippen MR) is 69.2 cm³/mol. The first kappa shape index (κ1) is 12.1. The second kappa shape index (κ2) is 4.63. The summed E-state index contributed by atoms with van der Waals surface area (Å²) < 4.78 is 5.91. The van der Waals surface area contributed by atoms with E-state index in [-0.39, 0.29) is 5.60 Å². The molecule has 0 amide bonds. The van der Waals surface area contributed by atoms with E-state index < -0.39 is 6.10 Å². The van der Waals surface area contributed by atoms with Crippen LogP contribution in [0.3, 0.4) is 0 Å². The van der Waals surface area contributed by atoms with Crippen LogP contribution in [0.15, 0.2) is 18.2 Å². The molecule has 2 aliphatic rings. The van der Waals surface area contributed by atoms with E-state index in [2.05, 4.69) is 4.98 Å². The highest BCUT2D eigenvalue weighted by Crippen LogP contribution is 2.46.